The molecular formula is C13H14ClN3O3S2. The monoisotopic (exact) mass is 359 g/mol. The molecule has 0 aliphatic heterocycles. The van der Waals surface area contributed by atoms with Gasteiger partial charge in [0.2, 0.25) is 10.0 Å². The number of aromatic nitrogens is 1. The summed E-state index contributed by atoms with van der Waals surface area (Å²) in [7, 11) is -2.06. The van der Waals surface area contributed by atoms with Crippen molar-refractivity contribution in [3.05, 3.63) is 39.7 Å². The van der Waals surface area contributed by atoms with Crippen molar-refractivity contribution in [2.75, 3.05) is 18.9 Å². The summed E-state index contributed by atoms with van der Waals surface area (Å²) in [5.41, 5.74) is 0. The number of sulfonamides is 1. The molecule has 0 unspecified atom stereocenters. The SMILES string of the molecule is CCN(C)S(=O)(=O)c1csc(C(=O)Nc2ccc(Cl)cn2)c1. The van der Waals surface area contributed by atoms with Gasteiger partial charge in [-0.15, -0.1) is 11.3 Å². The van der Waals surface area contributed by atoms with E-state index in [9.17, 15) is 13.2 Å². The van der Waals surface area contributed by atoms with Gasteiger partial charge in [-0.3, -0.25) is 4.79 Å². The highest BCUT2D eigenvalue weighted by Gasteiger charge is 2.22. The summed E-state index contributed by atoms with van der Waals surface area (Å²) in [6, 6.07) is 4.53. The topological polar surface area (TPSA) is 79.4 Å². The maximum absolute atomic E-state index is 12.2. The second-order valence-corrected chi connectivity index (χ2v) is 7.77. The quantitative estimate of drug-likeness (QED) is 0.890. The molecule has 1 amide bonds. The second-order valence-electron chi connectivity index (χ2n) is 4.38. The Morgan fingerprint density at radius 3 is 2.77 bits per heavy atom. The molecule has 1 N–H and O–H groups in total. The third-order valence-electron chi connectivity index (χ3n) is 2.92. The summed E-state index contributed by atoms with van der Waals surface area (Å²) < 4.78 is 25.6. The number of anilines is 1. The number of pyridine rings is 1. The van der Waals surface area contributed by atoms with Crippen molar-refractivity contribution < 1.29 is 13.2 Å². The molecule has 2 aromatic heterocycles. The first-order chi connectivity index (χ1) is 10.3. The number of carbonyl (C=O) groups excluding carboxylic acids is 1. The molecule has 0 aliphatic rings. The maximum atomic E-state index is 12.2. The fourth-order valence-electron chi connectivity index (χ4n) is 1.55. The zero-order valence-electron chi connectivity index (χ0n) is 11.9. The molecule has 22 heavy (non-hydrogen) atoms. The number of hydrogen-bond acceptors (Lipinski definition) is 5. The molecular weight excluding hydrogens is 346 g/mol. The zero-order chi connectivity index (χ0) is 16.3. The molecule has 0 saturated carbocycles. The van der Waals surface area contributed by atoms with Crippen LogP contribution in [-0.4, -0.2) is 37.2 Å². The van der Waals surface area contributed by atoms with E-state index in [0.717, 1.165) is 11.3 Å². The number of thiophene rings is 1. The van der Waals surface area contributed by atoms with E-state index >= 15 is 0 Å². The van der Waals surface area contributed by atoms with Crippen LogP contribution in [0.25, 0.3) is 0 Å². The van der Waals surface area contributed by atoms with Crippen LogP contribution >= 0.6 is 22.9 Å². The van der Waals surface area contributed by atoms with E-state index in [1.165, 1.54) is 29.0 Å². The van der Waals surface area contributed by atoms with Crippen molar-refractivity contribution in [3.63, 3.8) is 0 Å². The molecule has 0 saturated heterocycles. The van der Waals surface area contributed by atoms with Crippen molar-refractivity contribution >= 4 is 44.7 Å². The van der Waals surface area contributed by atoms with Crippen molar-refractivity contribution in [2.24, 2.45) is 0 Å². The molecule has 6 nitrogen and oxygen atoms in total. The highest BCUT2D eigenvalue weighted by Crippen LogP contribution is 2.23. The number of carbonyl (C=O) groups is 1. The van der Waals surface area contributed by atoms with E-state index in [2.05, 4.69) is 10.3 Å². The van der Waals surface area contributed by atoms with E-state index in [4.69, 9.17) is 11.6 Å². The van der Waals surface area contributed by atoms with Crippen molar-refractivity contribution in [1.29, 1.82) is 0 Å². The Kier molecular flexibility index (Phi) is 5.17. The summed E-state index contributed by atoms with van der Waals surface area (Å²) >= 11 is 6.78. The van der Waals surface area contributed by atoms with Gasteiger partial charge in [0.05, 0.1) is 14.8 Å². The van der Waals surface area contributed by atoms with Gasteiger partial charge in [-0.1, -0.05) is 18.5 Å². The number of nitrogens with one attached hydrogen (secondary N) is 1. The van der Waals surface area contributed by atoms with Crippen LogP contribution in [0.15, 0.2) is 34.7 Å². The predicted octanol–water partition coefficient (Wildman–Crippen LogP) is 2.69. The van der Waals surface area contributed by atoms with Crippen LogP contribution in [0.3, 0.4) is 0 Å². The van der Waals surface area contributed by atoms with Crippen LogP contribution in [0.5, 0.6) is 0 Å². The minimum Gasteiger partial charge on any atom is -0.306 e. The lowest BCUT2D eigenvalue weighted by Crippen LogP contribution is -2.26. The van der Waals surface area contributed by atoms with Crippen molar-refractivity contribution in [3.8, 4) is 0 Å². The summed E-state index contributed by atoms with van der Waals surface area (Å²) in [6.07, 6.45) is 1.41. The van der Waals surface area contributed by atoms with E-state index in [1.54, 1.807) is 19.1 Å². The van der Waals surface area contributed by atoms with Crippen LogP contribution in [0.4, 0.5) is 5.82 Å². The van der Waals surface area contributed by atoms with E-state index in [1.807, 2.05) is 0 Å². The Morgan fingerprint density at radius 1 is 1.45 bits per heavy atom. The molecule has 0 fully saturated rings. The highest BCUT2D eigenvalue weighted by molar-refractivity contribution is 7.89. The van der Waals surface area contributed by atoms with Gasteiger partial charge in [0.15, 0.2) is 0 Å². The molecule has 0 aromatic carbocycles. The molecule has 0 atom stereocenters. The lowest BCUT2D eigenvalue weighted by molar-refractivity contribution is 0.103. The summed E-state index contributed by atoms with van der Waals surface area (Å²) in [4.78, 5) is 16.5. The largest absolute Gasteiger partial charge is 0.306 e. The van der Waals surface area contributed by atoms with Crippen LogP contribution < -0.4 is 5.32 Å². The Morgan fingerprint density at radius 2 is 2.18 bits per heavy atom. The summed E-state index contributed by atoms with van der Waals surface area (Å²) in [5, 5.41) is 4.50. The van der Waals surface area contributed by atoms with Gasteiger partial charge in [0, 0.05) is 25.2 Å². The Bertz CT molecular complexity index is 772. The van der Waals surface area contributed by atoms with E-state index < -0.39 is 15.9 Å². The van der Waals surface area contributed by atoms with Crippen molar-refractivity contribution in [1.82, 2.24) is 9.29 Å². The molecule has 2 aromatic rings. The lowest BCUT2D eigenvalue weighted by atomic mass is 10.4. The molecule has 118 valence electrons. The van der Waals surface area contributed by atoms with Crippen molar-refractivity contribution in [2.45, 2.75) is 11.8 Å². The molecule has 0 bridgehead atoms. The second kappa shape index (κ2) is 6.74. The van der Waals surface area contributed by atoms with Gasteiger partial charge in [-0.2, -0.15) is 0 Å². The van der Waals surface area contributed by atoms with Gasteiger partial charge in [0.25, 0.3) is 5.91 Å². The third kappa shape index (κ3) is 3.64. The molecule has 0 radical (unpaired) electrons. The molecule has 2 heterocycles. The van der Waals surface area contributed by atoms with Gasteiger partial charge < -0.3 is 5.32 Å². The fraction of sp³-hybridized carbons (Fsp3) is 0.231. The number of hydrogen-bond donors (Lipinski definition) is 1. The number of halogens is 1. The average Bonchev–Trinajstić information content (AvgIpc) is 2.99. The Balaban J connectivity index is 2.17. The molecule has 2 rings (SSSR count). The minimum atomic E-state index is -3.55. The van der Waals surface area contributed by atoms with Crippen LogP contribution in [0.2, 0.25) is 5.02 Å². The smallest absolute Gasteiger partial charge is 0.266 e. The van der Waals surface area contributed by atoms with Crippen LogP contribution in [0.1, 0.15) is 16.6 Å². The Hall–Kier alpha value is -1.48. The van der Waals surface area contributed by atoms with Crippen LogP contribution in [0, 0.1) is 0 Å². The standard InChI is InChI=1S/C13H14ClN3O3S2/c1-3-17(2)22(19,20)10-6-11(21-8-10)13(18)16-12-5-4-9(14)7-15-12/h4-8H,3H2,1-2H3,(H,15,16,18). The first-order valence-corrected chi connectivity index (χ1v) is 9.02. The van der Waals surface area contributed by atoms with Gasteiger partial charge in [-0.25, -0.2) is 17.7 Å². The summed E-state index contributed by atoms with van der Waals surface area (Å²) in [6.45, 7) is 2.10. The van der Waals surface area contributed by atoms with Gasteiger partial charge in [-0.05, 0) is 18.2 Å². The highest BCUT2D eigenvalue weighted by atomic mass is 35.5. The van der Waals surface area contributed by atoms with Gasteiger partial charge >= 0.3 is 0 Å². The Labute approximate surface area is 137 Å². The minimum absolute atomic E-state index is 0.107. The van der Waals surface area contributed by atoms with E-state index in [-0.39, 0.29) is 4.90 Å². The number of rotatable bonds is 5. The zero-order valence-corrected chi connectivity index (χ0v) is 14.3. The molecule has 9 heteroatoms. The number of amides is 1. The molecule has 0 aliphatic carbocycles. The van der Waals surface area contributed by atoms with E-state index in [0.29, 0.717) is 22.3 Å². The first kappa shape index (κ1) is 16.9. The predicted molar refractivity (Wildman–Crippen MR) is 87.0 cm³/mol. The molecule has 0 spiro atoms. The maximum Gasteiger partial charge on any atom is 0.266 e. The summed E-state index contributed by atoms with van der Waals surface area (Å²) in [5.74, 6) is -0.0710. The third-order valence-corrected chi connectivity index (χ3v) is 6.13. The van der Waals surface area contributed by atoms with Crippen LogP contribution in [-0.2, 0) is 10.0 Å². The average molecular weight is 360 g/mol. The number of nitrogens with zero attached hydrogens (tertiary/aromatic N) is 2. The lowest BCUT2D eigenvalue weighted by Gasteiger charge is -2.12. The normalized spacial score (nSPS) is 11.6. The fourth-order valence-corrected chi connectivity index (χ4v) is 4.00. The van der Waals surface area contributed by atoms with Gasteiger partial charge in [0.1, 0.15) is 5.82 Å². The first-order valence-electron chi connectivity index (χ1n) is 6.32.